The van der Waals surface area contributed by atoms with Gasteiger partial charge in [-0.25, -0.2) is 0 Å². The molecule has 1 aliphatic rings. The minimum Gasteiger partial charge on any atom is -0.480 e. The lowest BCUT2D eigenvalue weighted by atomic mass is 10.2. The average molecular weight is 296 g/mol. The van der Waals surface area contributed by atoms with E-state index in [-0.39, 0.29) is 12.2 Å². The van der Waals surface area contributed by atoms with E-state index in [1.807, 2.05) is 4.90 Å². The van der Waals surface area contributed by atoms with Crippen molar-refractivity contribution in [3.8, 4) is 6.07 Å². The molecule has 0 aromatic heterocycles. The lowest BCUT2D eigenvalue weighted by Gasteiger charge is -2.33. The molecule has 1 heterocycles. The number of carboxylic acid groups (broad SMARTS) is 1. The van der Waals surface area contributed by atoms with E-state index in [0.717, 1.165) is 13.1 Å². The largest absolute Gasteiger partial charge is 0.480 e. The molecule has 0 radical (unpaired) electrons. The standard InChI is InChI=1S/C13H20N4O4/c1-10(13(20)21)15-12(19)11(8-14)9-17-4-2-16(3-5-17)6-7-18/h9-10,18H,2-7H2,1H3,(H,15,19)(H,20,21)/b11-9-. The highest BCUT2D eigenvalue weighted by molar-refractivity contribution is 5.99. The number of amides is 1. The molecule has 0 spiro atoms. The zero-order chi connectivity index (χ0) is 15.8. The lowest BCUT2D eigenvalue weighted by molar-refractivity contribution is -0.140. The average Bonchev–Trinajstić information content (AvgIpc) is 2.46. The summed E-state index contributed by atoms with van der Waals surface area (Å²) in [5.41, 5.74) is -0.112. The number of carbonyl (C=O) groups excluding carboxylic acids is 1. The highest BCUT2D eigenvalue weighted by atomic mass is 16.4. The normalized spacial score (nSPS) is 18.0. The van der Waals surface area contributed by atoms with E-state index in [9.17, 15) is 9.59 Å². The third kappa shape index (κ3) is 5.41. The minimum absolute atomic E-state index is 0.106. The van der Waals surface area contributed by atoms with Crippen molar-refractivity contribution in [3.05, 3.63) is 11.8 Å². The highest BCUT2D eigenvalue weighted by Crippen LogP contribution is 2.05. The molecule has 8 heteroatoms. The van der Waals surface area contributed by atoms with Gasteiger partial charge in [-0.3, -0.25) is 14.5 Å². The van der Waals surface area contributed by atoms with Gasteiger partial charge in [0.15, 0.2) is 0 Å². The molecule has 0 aliphatic carbocycles. The van der Waals surface area contributed by atoms with Gasteiger partial charge in [0.1, 0.15) is 17.7 Å². The van der Waals surface area contributed by atoms with Crippen LogP contribution in [-0.2, 0) is 9.59 Å². The van der Waals surface area contributed by atoms with Crippen molar-refractivity contribution in [1.82, 2.24) is 15.1 Å². The Morgan fingerprint density at radius 3 is 2.48 bits per heavy atom. The summed E-state index contributed by atoms with van der Waals surface area (Å²) in [7, 11) is 0. The van der Waals surface area contributed by atoms with Gasteiger partial charge in [0.25, 0.3) is 5.91 Å². The van der Waals surface area contributed by atoms with Crippen LogP contribution in [0.5, 0.6) is 0 Å². The number of rotatable bonds is 6. The molecule has 116 valence electrons. The maximum atomic E-state index is 11.8. The van der Waals surface area contributed by atoms with E-state index in [1.165, 1.54) is 13.1 Å². The SMILES string of the molecule is CC(NC(=O)/C(C#N)=C\N1CCN(CCO)CC1)C(=O)O. The maximum Gasteiger partial charge on any atom is 0.325 e. The molecule has 8 nitrogen and oxygen atoms in total. The van der Waals surface area contributed by atoms with E-state index in [4.69, 9.17) is 15.5 Å². The van der Waals surface area contributed by atoms with Crippen LogP contribution in [0, 0.1) is 11.3 Å². The second-order valence-electron chi connectivity index (χ2n) is 4.79. The Balaban J connectivity index is 2.58. The van der Waals surface area contributed by atoms with Crippen molar-refractivity contribution < 1.29 is 19.8 Å². The molecule has 0 bridgehead atoms. The van der Waals surface area contributed by atoms with Crippen LogP contribution in [0.1, 0.15) is 6.92 Å². The van der Waals surface area contributed by atoms with Gasteiger partial charge in [0.05, 0.1) is 6.61 Å². The number of β-amino-alcohol motifs (C(OH)–C–C–N with tert-alkyl or cyclic N) is 1. The molecule has 1 atom stereocenters. The number of nitriles is 1. The summed E-state index contributed by atoms with van der Waals surface area (Å²) in [6.45, 7) is 4.82. The predicted molar refractivity (Wildman–Crippen MR) is 74.0 cm³/mol. The second-order valence-corrected chi connectivity index (χ2v) is 4.79. The molecule has 1 fully saturated rings. The van der Waals surface area contributed by atoms with Crippen molar-refractivity contribution in [2.75, 3.05) is 39.3 Å². The van der Waals surface area contributed by atoms with Gasteiger partial charge < -0.3 is 20.4 Å². The quantitative estimate of drug-likeness (QED) is 0.407. The molecule has 0 aromatic rings. The van der Waals surface area contributed by atoms with Crippen molar-refractivity contribution in [2.45, 2.75) is 13.0 Å². The Bertz CT molecular complexity index is 450. The van der Waals surface area contributed by atoms with Crippen LogP contribution >= 0.6 is 0 Å². The van der Waals surface area contributed by atoms with Crippen LogP contribution in [-0.4, -0.2) is 77.3 Å². The molecule has 1 amide bonds. The van der Waals surface area contributed by atoms with Gasteiger partial charge in [-0.2, -0.15) is 5.26 Å². The first-order valence-corrected chi connectivity index (χ1v) is 6.70. The number of aliphatic hydroxyl groups excluding tert-OH is 1. The van der Waals surface area contributed by atoms with Crippen molar-refractivity contribution in [2.24, 2.45) is 0 Å². The number of aliphatic hydroxyl groups is 1. The smallest absolute Gasteiger partial charge is 0.325 e. The summed E-state index contributed by atoms with van der Waals surface area (Å²) in [4.78, 5) is 26.4. The van der Waals surface area contributed by atoms with Crippen LogP contribution in [0.4, 0.5) is 0 Å². The fourth-order valence-corrected chi connectivity index (χ4v) is 1.91. The number of nitrogens with zero attached hydrogens (tertiary/aromatic N) is 3. The van der Waals surface area contributed by atoms with Gasteiger partial charge >= 0.3 is 5.97 Å². The number of carbonyl (C=O) groups is 2. The van der Waals surface area contributed by atoms with Gasteiger partial charge in [-0.15, -0.1) is 0 Å². The first-order chi connectivity index (χ1) is 9.97. The van der Waals surface area contributed by atoms with Gasteiger partial charge in [-0.1, -0.05) is 0 Å². The van der Waals surface area contributed by atoms with Crippen LogP contribution < -0.4 is 5.32 Å². The van der Waals surface area contributed by atoms with Crippen LogP contribution in [0.15, 0.2) is 11.8 Å². The fraction of sp³-hybridized carbons (Fsp3) is 0.615. The molecular formula is C13H20N4O4. The number of piperazine rings is 1. The van der Waals surface area contributed by atoms with Crippen LogP contribution in [0.25, 0.3) is 0 Å². The first kappa shape index (κ1) is 16.9. The Kier molecular flexibility index (Phi) is 6.65. The zero-order valence-electron chi connectivity index (χ0n) is 11.9. The summed E-state index contributed by atoms with van der Waals surface area (Å²) >= 11 is 0. The van der Waals surface area contributed by atoms with E-state index >= 15 is 0 Å². The Labute approximate surface area is 123 Å². The molecule has 1 saturated heterocycles. The summed E-state index contributed by atoms with van der Waals surface area (Å²) < 4.78 is 0. The van der Waals surface area contributed by atoms with Gasteiger partial charge in [0, 0.05) is 38.9 Å². The lowest BCUT2D eigenvalue weighted by Crippen LogP contribution is -2.45. The summed E-state index contributed by atoms with van der Waals surface area (Å²) in [6, 6.07) is 0.745. The summed E-state index contributed by atoms with van der Waals surface area (Å²) in [6.07, 6.45) is 1.46. The third-order valence-electron chi connectivity index (χ3n) is 3.22. The highest BCUT2D eigenvalue weighted by Gasteiger charge is 2.19. The molecule has 0 saturated carbocycles. The molecule has 1 unspecified atom stereocenters. The minimum atomic E-state index is -1.15. The second kappa shape index (κ2) is 8.24. The van der Waals surface area contributed by atoms with Crippen LogP contribution in [0.2, 0.25) is 0 Å². The third-order valence-corrected chi connectivity index (χ3v) is 3.22. The summed E-state index contributed by atoms with van der Waals surface area (Å²) in [5, 5.41) is 28.9. The Morgan fingerprint density at radius 1 is 1.38 bits per heavy atom. The summed E-state index contributed by atoms with van der Waals surface area (Å²) in [5.74, 6) is -1.84. The number of hydrogen-bond acceptors (Lipinski definition) is 6. The molecule has 0 aromatic carbocycles. The molecule has 21 heavy (non-hydrogen) atoms. The van der Waals surface area contributed by atoms with E-state index in [1.54, 1.807) is 6.07 Å². The number of hydrogen-bond donors (Lipinski definition) is 3. The van der Waals surface area contributed by atoms with E-state index in [0.29, 0.717) is 19.6 Å². The first-order valence-electron chi connectivity index (χ1n) is 6.70. The van der Waals surface area contributed by atoms with Crippen LogP contribution in [0.3, 0.4) is 0 Å². The monoisotopic (exact) mass is 296 g/mol. The van der Waals surface area contributed by atoms with Gasteiger partial charge in [-0.05, 0) is 6.92 Å². The molecule has 1 rings (SSSR count). The Morgan fingerprint density at radius 2 is 2.00 bits per heavy atom. The topological polar surface area (TPSA) is 117 Å². The van der Waals surface area contributed by atoms with Crippen molar-refractivity contribution in [1.29, 1.82) is 5.26 Å². The zero-order valence-corrected chi connectivity index (χ0v) is 11.9. The van der Waals surface area contributed by atoms with Crippen molar-refractivity contribution in [3.63, 3.8) is 0 Å². The molecule has 1 aliphatic heterocycles. The fourth-order valence-electron chi connectivity index (χ4n) is 1.91. The molecule has 3 N–H and O–H groups in total. The number of aliphatic carboxylic acids is 1. The molecular weight excluding hydrogens is 276 g/mol. The Hall–Kier alpha value is -2.11. The van der Waals surface area contributed by atoms with Crippen molar-refractivity contribution >= 4 is 11.9 Å². The number of nitrogens with one attached hydrogen (secondary N) is 1. The predicted octanol–water partition coefficient (Wildman–Crippen LogP) is -1.41. The number of carboxylic acids is 1. The van der Waals surface area contributed by atoms with Gasteiger partial charge in [0.2, 0.25) is 0 Å². The van der Waals surface area contributed by atoms with E-state index in [2.05, 4.69) is 10.2 Å². The van der Waals surface area contributed by atoms with E-state index < -0.39 is 17.9 Å². The maximum absolute atomic E-state index is 11.8.